The maximum absolute atomic E-state index is 12.1. The van der Waals surface area contributed by atoms with E-state index in [0.717, 1.165) is 42.9 Å². The van der Waals surface area contributed by atoms with E-state index < -0.39 is 0 Å². The van der Waals surface area contributed by atoms with Crippen LogP contribution >= 0.6 is 0 Å². The predicted octanol–water partition coefficient (Wildman–Crippen LogP) is 2.46. The van der Waals surface area contributed by atoms with Crippen molar-refractivity contribution in [3.8, 4) is 0 Å². The number of aryl methyl sites for hydroxylation is 2. The zero-order valence-electron chi connectivity index (χ0n) is 13.7. The van der Waals surface area contributed by atoms with E-state index in [9.17, 15) is 4.79 Å². The number of hydrogen-bond acceptors (Lipinski definition) is 3. The molecular formula is C18H23N3O2. The molecule has 0 radical (unpaired) electrons. The Morgan fingerprint density at radius 1 is 1.35 bits per heavy atom. The summed E-state index contributed by atoms with van der Waals surface area (Å²) in [4.78, 5) is 12.1. The number of ether oxygens (including phenoxy) is 1. The summed E-state index contributed by atoms with van der Waals surface area (Å²) >= 11 is 0. The third-order valence-electron chi connectivity index (χ3n) is 4.17. The minimum absolute atomic E-state index is 0.0434. The van der Waals surface area contributed by atoms with Gasteiger partial charge in [-0.15, -0.1) is 0 Å². The van der Waals surface area contributed by atoms with Gasteiger partial charge in [0.15, 0.2) is 0 Å². The number of nitrogens with zero attached hydrogens (tertiary/aromatic N) is 2. The van der Waals surface area contributed by atoms with Gasteiger partial charge in [-0.3, -0.25) is 9.48 Å². The highest BCUT2D eigenvalue weighted by atomic mass is 16.5. The van der Waals surface area contributed by atoms with Gasteiger partial charge in [0, 0.05) is 24.4 Å². The minimum Gasteiger partial charge on any atom is -0.376 e. The van der Waals surface area contributed by atoms with Crippen molar-refractivity contribution >= 4 is 5.91 Å². The molecule has 2 heterocycles. The first-order chi connectivity index (χ1) is 11.1. The highest BCUT2D eigenvalue weighted by molar-refractivity contribution is 5.94. The molecule has 1 aliphatic heterocycles. The second kappa shape index (κ2) is 6.96. The van der Waals surface area contributed by atoms with Crippen molar-refractivity contribution in [3.63, 3.8) is 0 Å². The van der Waals surface area contributed by atoms with Crippen LogP contribution in [0.4, 0.5) is 0 Å². The number of hydrogen-bond donors (Lipinski definition) is 1. The summed E-state index contributed by atoms with van der Waals surface area (Å²) in [6, 6.07) is 9.76. The molecule has 0 spiro atoms. The van der Waals surface area contributed by atoms with E-state index in [-0.39, 0.29) is 12.0 Å². The van der Waals surface area contributed by atoms with Crippen molar-refractivity contribution < 1.29 is 9.53 Å². The van der Waals surface area contributed by atoms with Crippen LogP contribution in [0, 0.1) is 13.8 Å². The van der Waals surface area contributed by atoms with Crippen molar-refractivity contribution in [2.45, 2.75) is 39.3 Å². The Kier molecular flexibility index (Phi) is 4.76. The van der Waals surface area contributed by atoms with Gasteiger partial charge in [0.2, 0.25) is 0 Å². The summed E-state index contributed by atoms with van der Waals surface area (Å²) in [5, 5.41) is 7.40. The van der Waals surface area contributed by atoms with E-state index in [1.54, 1.807) is 0 Å². The Hall–Kier alpha value is -2.14. The molecule has 0 aliphatic carbocycles. The summed E-state index contributed by atoms with van der Waals surface area (Å²) in [5.74, 6) is -0.0434. The molecule has 0 saturated carbocycles. The molecule has 1 amide bonds. The first-order valence-corrected chi connectivity index (χ1v) is 8.11. The molecule has 2 aromatic rings. The first kappa shape index (κ1) is 15.7. The first-order valence-electron chi connectivity index (χ1n) is 8.11. The van der Waals surface area contributed by atoms with Gasteiger partial charge in [-0.25, -0.2) is 0 Å². The Balaban J connectivity index is 1.57. The van der Waals surface area contributed by atoms with E-state index in [4.69, 9.17) is 4.74 Å². The topological polar surface area (TPSA) is 56.2 Å². The third-order valence-corrected chi connectivity index (χ3v) is 4.17. The molecule has 1 fully saturated rings. The summed E-state index contributed by atoms with van der Waals surface area (Å²) < 4.78 is 7.49. The van der Waals surface area contributed by atoms with Gasteiger partial charge >= 0.3 is 0 Å². The highest BCUT2D eigenvalue weighted by Crippen LogP contribution is 2.12. The quantitative estimate of drug-likeness (QED) is 0.922. The number of aromatic nitrogens is 2. The number of amides is 1. The lowest BCUT2D eigenvalue weighted by atomic mass is 10.1. The van der Waals surface area contributed by atoms with Crippen molar-refractivity contribution in [1.82, 2.24) is 15.1 Å². The molecule has 1 atom stereocenters. The lowest BCUT2D eigenvalue weighted by molar-refractivity contribution is 0.0858. The Bertz CT molecular complexity index is 670. The van der Waals surface area contributed by atoms with Gasteiger partial charge in [0.25, 0.3) is 5.91 Å². The SMILES string of the molecule is Cc1cc(C)n(Cc2ccc(C(=O)NC[C@@H]3CCCO3)cc2)n1. The number of nitrogens with one attached hydrogen (secondary N) is 1. The van der Waals surface area contributed by atoms with Crippen LogP contribution in [0.3, 0.4) is 0 Å². The second-order valence-corrected chi connectivity index (χ2v) is 6.13. The zero-order chi connectivity index (χ0) is 16.2. The number of benzene rings is 1. The van der Waals surface area contributed by atoms with Crippen LogP contribution in [0.5, 0.6) is 0 Å². The maximum Gasteiger partial charge on any atom is 0.251 e. The molecule has 1 aliphatic rings. The van der Waals surface area contributed by atoms with E-state index in [1.165, 1.54) is 0 Å². The van der Waals surface area contributed by atoms with Gasteiger partial charge in [0.1, 0.15) is 0 Å². The number of carbonyl (C=O) groups excluding carboxylic acids is 1. The van der Waals surface area contributed by atoms with Gasteiger partial charge in [-0.05, 0) is 50.5 Å². The molecule has 5 nitrogen and oxygen atoms in total. The zero-order valence-corrected chi connectivity index (χ0v) is 13.7. The van der Waals surface area contributed by atoms with Gasteiger partial charge in [-0.2, -0.15) is 5.10 Å². The number of rotatable bonds is 5. The maximum atomic E-state index is 12.1. The van der Waals surface area contributed by atoms with Crippen LogP contribution in [0.1, 0.15) is 40.2 Å². The van der Waals surface area contributed by atoms with E-state index in [0.29, 0.717) is 12.1 Å². The molecule has 5 heteroatoms. The average Bonchev–Trinajstić information content (AvgIpc) is 3.16. The summed E-state index contributed by atoms with van der Waals surface area (Å²) in [6.07, 6.45) is 2.29. The normalized spacial score (nSPS) is 17.4. The third kappa shape index (κ3) is 3.99. The monoisotopic (exact) mass is 313 g/mol. The molecule has 23 heavy (non-hydrogen) atoms. The Morgan fingerprint density at radius 3 is 2.74 bits per heavy atom. The molecule has 1 aromatic heterocycles. The van der Waals surface area contributed by atoms with E-state index in [2.05, 4.69) is 16.5 Å². The van der Waals surface area contributed by atoms with Crippen molar-refractivity contribution in [3.05, 3.63) is 52.8 Å². The van der Waals surface area contributed by atoms with Crippen LogP contribution in [-0.2, 0) is 11.3 Å². The standard InChI is InChI=1S/C18H23N3O2/c1-13-10-14(2)21(20-13)12-15-5-7-16(8-6-15)18(22)19-11-17-4-3-9-23-17/h5-8,10,17H,3-4,9,11-12H2,1-2H3,(H,19,22)/t17-/m0/s1. The van der Waals surface area contributed by atoms with Crippen molar-refractivity contribution in [2.24, 2.45) is 0 Å². The molecule has 122 valence electrons. The van der Waals surface area contributed by atoms with Crippen molar-refractivity contribution in [2.75, 3.05) is 13.2 Å². The highest BCUT2D eigenvalue weighted by Gasteiger charge is 2.16. The Morgan fingerprint density at radius 2 is 2.13 bits per heavy atom. The molecule has 1 saturated heterocycles. The van der Waals surface area contributed by atoms with Crippen LogP contribution in [0.25, 0.3) is 0 Å². The Labute approximate surface area is 136 Å². The largest absolute Gasteiger partial charge is 0.376 e. The van der Waals surface area contributed by atoms with Gasteiger partial charge in [0.05, 0.1) is 18.3 Å². The molecule has 0 unspecified atom stereocenters. The molecule has 1 aromatic carbocycles. The minimum atomic E-state index is -0.0434. The summed E-state index contributed by atoms with van der Waals surface area (Å²) in [6.45, 7) is 6.16. The van der Waals surface area contributed by atoms with Gasteiger partial charge < -0.3 is 10.1 Å². The lowest BCUT2D eigenvalue weighted by Gasteiger charge is -2.11. The van der Waals surface area contributed by atoms with Crippen LogP contribution in [-0.4, -0.2) is 34.9 Å². The summed E-state index contributed by atoms with van der Waals surface area (Å²) in [5.41, 5.74) is 3.97. The fourth-order valence-corrected chi connectivity index (χ4v) is 2.88. The molecule has 3 rings (SSSR count). The number of carbonyl (C=O) groups is 1. The van der Waals surface area contributed by atoms with Crippen LogP contribution < -0.4 is 5.32 Å². The fraction of sp³-hybridized carbons (Fsp3) is 0.444. The average molecular weight is 313 g/mol. The van der Waals surface area contributed by atoms with Crippen LogP contribution in [0.2, 0.25) is 0 Å². The lowest BCUT2D eigenvalue weighted by Crippen LogP contribution is -2.31. The molecule has 1 N–H and O–H groups in total. The molecular weight excluding hydrogens is 290 g/mol. The van der Waals surface area contributed by atoms with E-state index >= 15 is 0 Å². The second-order valence-electron chi connectivity index (χ2n) is 6.13. The van der Waals surface area contributed by atoms with Crippen LogP contribution in [0.15, 0.2) is 30.3 Å². The smallest absolute Gasteiger partial charge is 0.251 e. The summed E-state index contributed by atoms with van der Waals surface area (Å²) in [7, 11) is 0. The van der Waals surface area contributed by atoms with Crippen molar-refractivity contribution in [1.29, 1.82) is 0 Å². The van der Waals surface area contributed by atoms with E-state index in [1.807, 2.05) is 42.8 Å². The fourth-order valence-electron chi connectivity index (χ4n) is 2.88. The van der Waals surface area contributed by atoms with Gasteiger partial charge in [-0.1, -0.05) is 12.1 Å². The predicted molar refractivity (Wildman–Crippen MR) is 88.6 cm³/mol. The molecule has 0 bridgehead atoms.